The highest BCUT2D eigenvalue weighted by atomic mass is 32.2. The Labute approximate surface area is 150 Å². The molecule has 1 aromatic rings. The molecule has 11 heteroatoms. The summed E-state index contributed by atoms with van der Waals surface area (Å²) in [4.78, 5) is 7.82. The van der Waals surface area contributed by atoms with Gasteiger partial charge in [0.2, 0.25) is 15.9 Å². The smallest absolute Gasteiger partial charge is 0.422 e. The first-order chi connectivity index (χ1) is 12.2. The Kier molecular flexibility index (Phi) is 7.04. The van der Waals surface area contributed by atoms with Crippen molar-refractivity contribution in [2.75, 3.05) is 24.2 Å². The molecule has 1 aliphatic rings. The maximum absolute atomic E-state index is 12.1. The van der Waals surface area contributed by atoms with E-state index in [1.54, 1.807) is 6.92 Å². The Hall–Kier alpha value is -1.62. The quantitative estimate of drug-likeness (QED) is 0.701. The summed E-state index contributed by atoms with van der Waals surface area (Å²) in [7, 11) is -3.17. The molecule has 0 saturated heterocycles. The second-order valence-corrected chi connectivity index (χ2v) is 8.35. The number of hydrogen-bond donors (Lipinski definition) is 2. The van der Waals surface area contributed by atoms with Crippen LogP contribution in [0.25, 0.3) is 0 Å². The fraction of sp³-hybridized carbons (Fsp3) is 0.733. The fourth-order valence-electron chi connectivity index (χ4n) is 2.69. The average Bonchev–Trinajstić information content (AvgIpc) is 2.60. The van der Waals surface area contributed by atoms with Crippen molar-refractivity contribution < 1.29 is 26.3 Å². The van der Waals surface area contributed by atoms with Crippen LogP contribution in [0.2, 0.25) is 0 Å². The third-order valence-corrected chi connectivity index (χ3v) is 5.55. The van der Waals surface area contributed by atoms with Gasteiger partial charge in [-0.15, -0.1) is 0 Å². The minimum Gasteiger partial charge on any atom is -0.467 e. The van der Waals surface area contributed by atoms with Crippen LogP contribution in [-0.2, 0) is 10.0 Å². The number of halogens is 3. The molecule has 148 valence electrons. The van der Waals surface area contributed by atoms with E-state index < -0.39 is 22.8 Å². The lowest BCUT2D eigenvalue weighted by molar-refractivity contribution is -0.154. The Morgan fingerprint density at radius 3 is 2.42 bits per heavy atom. The molecule has 0 bridgehead atoms. The van der Waals surface area contributed by atoms with Gasteiger partial charge in [0.15, 0.2) is 6.61 Å². The van der Waals surface area contributed by atoms with Crippen molar-refractivity contribution in [1.82, 2.24) is 14.7 Å². The van der Waals surface area contributed by atoms with Gasteiger partial charge in [-0.3, -0.25) is 0 Å². The maximum atomic E-state index is 12.1. The average molecular weight is 396 g/mol. The second kappa shape index (κ2) is 8.85. The third-order valence-electron chi connectivity index (χ3n) is 4.18. The van der Waals surface area contributed by atoms with E-state index in [0.717, 1.165) is 31.9 Å². The van der Waals surface area contributed by atoms with E-state index in [1.165, 1.54) is 6.20 Å². The number of alkyl halides is 3. The van der Waals surface area contributed by atoms with Crippen molar-refractivity contribution in [1.29, 1.82) is 0 Å². The summed E-state index contributed by atoms with van der Waals surface area (Å²) in [6.45, 7) is 0.651. The fourth-order valence-corrected chi connectivity index (χ4v) is 3.38. The highest BCUT2D eigenvalue weighted by molar-refractivity contribution is 7.89. The van der Waals surface area contributed by atoms with Crippen molar-refractivity contribution >= 4 is 15.8 Å². The summed E-state index contributed by atoms with van der Waals surface area (Å²) >= 11 is 0. The molecule has 0 radical (unpaired) electrons. The molecule has 0 aliphatic heterocycles. The molecule has 1 aliphatic carbocycles. The van der Waals surface area contributed by atoms with Crippen LogP contribution in [-0.4, -0.2) is 49.5 Å². The summed E-state index contributed by atoms with van der Waals surface area (Å²) < 4.78 is 66.3. The molecule has 1 fully saturated rings. The van der Waals surface area contributed by atoms with Crippen molar-refractivity contribution in [3.63, 3.8) is 0 Å². The molecule has 1 aromatic heterocycles. The first-order valence-corrected chi connectivity index (χ1v) is 10.1. The highest BCUT2D eigenvalue weighted by Crippen LogP contribution is 2.26. The number of ether oxygens (including phenoxy) is 1. The van der Waals surface area contributed by atoms with Gasteiger partial charge in [-0.25, -0.2) is 23.1 Å². The van der Waals surface area contributed by atoms with Crippen LogP contribution in [0.15, 0.2) is 12.4 Å². The van der Waals surface area contributed by atoms with Crippen molar-refractivity contribution in [3.05, 3.63) is 12.4 Å². The monoisotopic (exact) mass is 396 g/mol. The lowest BCUT2D eigenvalue weighted by Crippen LogP contribution is -2.34. The van der Waals surface area contributed by atoms with E-state index in [1.807, 2.05) is 0 Å². The number of sulfonamides is 1. The first kappa shape index (κ1) is 20.7. The molecule has 2 N–H and O–H groups in total. The van der Waals surface area contributed by atoms with Gasteiger partial charge in [0.25, 0.3) is 0 Å². The first-order valence-electron chi connectivity index (χ1n) is 8.42. The molecule has 0 unspecified atom stereocenters. The van der Waals surface area contributed by atoms with Crippen LogP contribution in [0.1, 0.15) is 32.6 Å². The summed E-state index contributed by atoms with van der Waals surface area (Å²) in [5.41, 5.74) is 0. The van der Waals surface area contributed by atoms with Gasteiger partial charge in [-0.2, -0.15) is 13.2 Å². The third kappa shape index (κ3) is 7.32. The van der Waals surface area contributed by atoms with E-state index in [2.05, 4.69) is 24.7 Å². The Morgan fingerprint density at radius 2 is 1.88 bits per heavy atom. The lowest BCUT2D eigenvalue weighted by atomic mass is 9.86. The van der Waals surface area contributed by atoms with Gasteiger partial charge in [-0.1, -0.05) is 0 Å². The summed E-state index contributed by atoms with van der Waals surface area (Å²) in [5, 5.41) is 3.19. The number of hydrogen-bond acceptors (Lipinski definition) is 6. The zero-order valence-electron chi connectivity index (χ0n) is 14.4. The molecular weight excluding hydrogens is 373 g/mol. The van der Waals surface area contributed by atoms with Crippen LogP contribution in [0.3, 0.4) is 0 Å². The van der Waals surface area contributed by atoms with Crippen molar-refractivity contribution in [2.45, 2.75) is 44.8 Å². The predicted molar refractivity (Wildman–Crippen MR) is 90.4 cm³/mol. The molecule has 2 rings (SSSR count). The maximum Gasteiger partial charge on any atom is 0.422 e. The number of anilines is 1. The molecule has 0 spiro atoms. The largest absolute Gasteiger partial charge is 0.467 e. The molecule has 0 aromatic carbocycles. The van der Waals surface area contributed by atoms with Crippen LogP contribution >= 0.6 is 0 Å². The zero-order chi connectivity index (χ0) is 19.2. The molecule has 7 nitrogen and oxygen atoms in total. The number of aromatic nitrogens is 2. The van der Waals surface area contributed by atoms with E-state index in [9.17, 15) is 21.6 Å². The van der Waals surface area contributed by atoms with E-state index in [0.29, 0.717) is 18.3 Å². The normalized spacial score (nSPS) is 21.4. The molecular formula is C15H23F3N4O3S. The predicted octanol–water partition coefficient (Wildman–Crippen LogP) is 2.33. The van der Waals surface area contributed by atoms with Gasteiger partial charge in [0.05, 0.1) is 18.1 Å². The van der Waals surface area contributed by atoms with Crippen molar-refractivity contribution in [2.24, 2.45) is 5.92 Å². The summed E-state index contributed by atoms with van der Waals surface area (Å²) in [5.74, 6) is 0.670. The highest BCUT2D eigenvalue weighted by Gasteiger charge is 2.28. The van der Waals surface area contributed by atoms with E-state index >= 15 is 0 Å². The van der Waals surface area contributed by atoms with Gasteiger partial charge >= 0.3 is 6.18 Å². The van der Waals surface area contributed by atoms with E-state index in [-0.39, 0.29) is 17.7 Å². The topological polar surface area (TPSA) is 93.2 Å². The minimum atomic E-state index is -4.41. The van der Waals surface area contributed by atoms with Gasteiger partial charge < -0.3 is 10.1 Å². The number of nitrogens with zero attached hydrogens (tertiary/aromatic N) is 2. The van der Waals surface area contributed by atoms with Gasteiger partial charge in [0, 0.05) is 12.6 Å². The Bertz CT molecular complexity index is 660. The number of nitrogens with one attached hydrogen (secondary N) is 2. The van der Waals surface area contributed by atoms with Crippen LogP contribution in [0.4, 0.5) is 19.0 Å². The molecule has 0 amide bonds. The minimum absolute atomic E-state index is 0.0747. The summed E-state index contributed by atoms with van der Waals surface area (Å²) in [6.07, 6.45) is 1.54. The molecule has 1 heterocycles. The number of rotatable bonds is 8. The standard InChI is InChI=1S/C15H23F3N4O3S/c1-2-26(23,24)21-7-11-3-5-12(6-4-11)22-13-8-20-14(9-19-13)25-10-15(16,17)18/h8-9,11-12,21H,2-7,10H2,1H3,(H,19,22). The Morgan fingerprint density at radius 1 is 1.19 bits per heavy atom. The molecule has 26 heavy (non-hydrogen) atoms. The molecule has 0 atom stereocenters. The SMILES string of the molecule is CCS(=O)(=O)NCC1CCC(Nc2cnc(OCC(F)(F)F)cn2)CC1. The lowest BCUT2D eigenvalue weighted by Gasteiger charge is -2.29. The Balaban J connectivity index is 1.73. The van der Waals surface area contributed by atoms with Crippen LogP contribution in [0.5, 0.6) is 5.88 Å². The van der Waals surface area contributed by atoms with Gasteiger partial charge in [-0.05, 0) is 38.5 Å². The van der Waals surface area contributed by atoms with Crippen LogP contribution in [0, 0.1) is 5.92 Å². The second-order valence-electron chi connectivity index (χ2n) is 6.26. The van der Waals surface area contributed by atoms with Gasteiger partial charge in [0.1, 0.15) is 5.82 Å². The van der Waals surface area contributed by atoms with E-state index in [4.69, 9.17) is 0 Å². The molecule has 1 saturated carbocycles. The zero-order valence-corrected chi connectivity index (χ0v) is 15.2. The van der Waals surface area contributed by atoms with Crippen LogP contribution < -0.4 is 14.8 Å². The summed E-state index contributed by atoms with van der Waals surface area (Å²) in [6, 6.07) is 0.172. The van der Waals surface area contributed by atoms with Crippen molar-refractivity contribution in [3.8, 4) is 5.88 Å².